The number of nitro benzene ring substituents is 1. The van der Waals surface area contributed by atoms with Crippen molar-refractivity contribution in [2.75, 3.05) is 25.6 Å². The topological polar surface area (TPSA) is 84.7 Å². The number of nitrogens with zero attached hydrogens (tertiary/aromatic N) is 2. The summed E-state index contributed by atoms with van der Waals surface area (Å²) in [6.07, 6.45) is 7.70. The molecule has 2 aliphatic carbocycles. The van der Waals surface area contributed by atoms with Gasteiger partial charge in [-0.25, -0.2) is 0 Å². The van der Waals surface area contributed by atoms with Crippen LogP contribution in [0.3, 0.4) is 0 Å². The average Bonchev–Trinajstić information content (AvgIpc) is 3.54. The lowest BCUT2D eigenvalue weighted by molar-refractivity contribution is -0.384. The molecule has 0 aliphatic heterocycles. The Kier molecular flexibility index (Phi) is 6.88. The number of anilines is 1. The molecule has 0 unspecified atom stereocenters. The van der Waals surface area contributed by atoms with Crippen LogP contribution in [-0.4, -0.2) is 48.1 Å². The molecular formula is C21H31N3O4. The van der Waals surface area contributed by atoms with E-state index < -0.39 is 4.92 Å². The van der Waals surface area contributed by atoms with Gasteiger partial charge in [0.2, 0.25) is 0 Å². The fourth-order valence-electron chi connectivity index (χ4n) is 4.22. The van der Waals surface area contributed by atoms with Crippen LogP contribution in [0.2, 0.25) is 0 Å². The summed E-state index contributed by atoms with van der Waals surface area (Å²) >= 11 is 0. The van der Waals surface area contributed by atoms with Gasteiger partial charge in [-0.1, -0.05) is 13.3 Å². The van der Waals surface area contributed by atoms with Crippen molar-refractivity contribution in [1.82, 2.24) is 4.90 Å². The number of hydrogen-bond acceptors (Lipinski definition) is 5. The summed E-state index contributed by atoms with van der Waals surface area (Å²) in [6.45, 7) is 3.16. The first-order valence-corrected chi connectivity index (χ1v) is 10.4. The van der Waals surface area contributed by atoms with Gasteiger partial charge in [0, 0.05) is 37.4 Å². The molecule has 7 heteroatoms. The summed E-state index contributed by atoms with van der Waals surface area (Å²) < 4.78 is 4.98. The first-order chi connectivity index (χ1) is 13.5. The number of carbonyl (C=O) groups excluding carboxylic acids is 1. The zero-order valence-corrected chi connectivity index (χ0v) is 16.9. The first-order valence-electron chi connectivity index (χ1n) is 10.4. The van der Waals surface area contributed by atoms with Crippen LogP contribution >= 0.6 is 0 Å². The van der Waals surface area contributed by atoms with Gasteiger partial charge in [0.25, 0.3) is 11.6 Å². The predicted molar refractivity (Wildman–Crippen MR) is 109 cm³/mol. The van der Waals surface area contributed by atoms with Crippen molar-refractivity contribution in [2.24, 2.45) is 5.92 Å². The van der Waals surface area contributed by atoms with E-state index in [-0.39, 0.29) is 17.6 Å². The Balaban J connectivity index is 1.77. The van der Waals surface area contributed by atoms with Crippen LogP contribution in [0.25, 0.3) is 0 Å². The predicted octanol–water partition coefficient (Wildman–Crippen LogP) is 4.23. The van der Waals surface area contributed by atoms with E-state index in [1.165, 1.54) is 25.3 Å². The number of rotatable bonds is 9. The number of benzene rings is 1. The van der Waals surface area contributed by atoms with Gasteiger partial charge < -0.3 is 15.0 Å². The third kappa shape index (κ3) is 4.82. The Bertz CT molecular complexity index is 697. The van der Waals surface area contributed by atoms with Crippen molar-refractivity contribution in [1.29, 1.82) is 0 Å². The average molecular weight is 389 g/mol. The molecule has 28 heavy (non-hydrogen) atoms. The monoisotopic (exact) mass is 389 g/mol. The lowest BCUT2D eigenvalue weighted by Crippen LogP contribution is -2.43. The maximum atomic E-state index is 13.3. The molecule has 0 bridgehead atoms. The van der Waals surface area contributed by atoms with Crippen LogP contribution in [0, 0.1) is 16.0 Å². The highest BCUT2D eigenvalue weighted by Crippen LogP contribution is 2.37. The summed E-state index contributed by atoms with van der Waals surface area (Å²) in [5.74, 6) is 0.708. The number of nitrogens with one attached hydrogen (secondary N) is 1. The number of carbonyl (C=O) groups is 1. The third-order valence-electron chi connectivity index (χ3n) is 6.02. The Morgan fingerprint density at radius 2 is 1.86 bits per heavy atom. The SMILES string of the molecule is CCC1CCC(N(C(=O)c2ccc(NCCOC)c([N+](=O)[O-])c2)C2CC2)CC1. The van der Waals surface area contributed by atoms with Gasteiger partial charge in [-0.3, -0.25) is 14.9 Å². The molecule has 0 heterocycles. The molecule has 7 nitrogen and oxygen atoms in total. The lowest BCUT2D eigenvalue weighted by atomic mass is 9.83. The molecular weight excluding hydrogens is 358 g/mol. The molecule has 0 spiro atoms. The van der Waals surface area contributed by atoms with E-state index in [1.54, 1.807) is 19.2 Å². The maximum Gasteiger partial charge on any atom is 0.293 e. The van der Waals surface area contributed by atoms with E-state index in [9.17, 15) is 14.9 Å². The quantitative estimate of drug-likeness (QED) is 0.388. The summed E-state index contributed by atoms with van der Waals surface area (Å²) in [4.78, 5) is 26.4. The first kappa shape index (κ1) is 20.6. The lowest BCUT2D eigenvalue weighted by Gasteiger charge is -2.37. The molecule has 2 fully saturated rings. The minimum Gasteiger partial charge on any atom is -0.383 e. The molecule has 1 N–H and O–H groups in total. The molecule has 3 rings (SSSR count). The van der Waals surface area contributed by atoms with E-state index in [0.717, 1.165) is 31.6 Å². The molecule has 2 saturated carbocycles. The van der Waals surface area contributed by atoms with Crippen molar-refractivity contribution in [3.05, 3.63) is 33.9 Å². The highest BCUT2D eigenvalue weighted by Gasteiger charge is 2.39. The van der Waals surface area contributed by atoms with Crippen LogP contribution in [0.1, 0.15) is 62.2 Å². The molecule has 1 aromatic carbocycles. The van der Waals surface area contributed by atoms with E-state index in [4.69, 9.17) is 4.74 Å². The summed E-state index contributed by atoms with van der Waals surface area (Å²) in [6, 6.07) is 5.33. The van der Waals surface area contributed by atoms with E-state index in [0.29, 0.717) is 30.4 Å². The zero-order valence-electron chi connectivity index (χ0n) is 16.9. The molecule has 0 aromatic heterocycles. The number of amides is 1. The molecule has 1 amide bonds. The fraction of sp³-hybridized carbons (Fsp3) is 0.667. The van der Waals surface area contributed by atoms with E-state index in [2.05, 4.69) is 12.2 Å². The highest BCUT2D eigenvalue weighted by atomic mass is 16.6. The molecule has 0 saturated heterocycles. The van der Waals surface area contributed by atoms with Crippen LogP contribution in [0.4, 0.5) is 11.4 Å². The summed E-state index contributed by atoms with van der Waals surface area (Å²) in [5, 5.41) is 14.5. The van der Waals surface area contributed by atoms with Gasteiger partial charge in [0.1, 0.15) is 5.69 Å². The van der Waals surface area contributed by atoms with Gasteiger partial charge in [-0.2, -0.15) is 0 Å². The van der Waals surface area contributed by atoms with E-state index in [1.807, 2.05) is 4.90 Å². The largest absolute Gasteiger partial charge is 0.383 e. The van der Waals surface area contributed by atoms with Crippen LogP contribution in [-0.2, 0) is 4.74 Å². The summed E-state index contributed by atoms with van der Waals surface area (Å²) in [7, 11) is 1.58. The van der Waals surface area contributed by atoms with Gasteiger partial charge in [0.15, 0.2) is 0 Å². The second-order valence-corrected chi connectivity index (χ2v) is 7.94. The minimum atomic E-state index is -0.431. The zero-order chi connectivity index (χ0) is 20.1. The Morgan fingerprint density at radius 1 is 1.21 bits per heavy atom. The summed E-state index contributed by atoms with van der Waals surface area (Å²) in [5.41, 5.74) is 0.765. The van der Waals surface area contributed by atoms with Crippen LogP contribution in [0.15, 0.2) is 18.2 Å². The van der Waals surface area contributed by atoms with Crippen molar-refractivity contribution in [2.45, 2.75) is 64.0 Å². The smallest absolute Gasteiger partial charge is 0.293 e. The minimum absolute atomic E-state index is 0.0611. The van der Waals surface area contributed by atoms with Gasteiger partial charge >= 0.3 is 0 Å². The number of ether oxygens (including phenoxy) is 1. The molecule has 0 radical (unpaired) electrons. The van der Waals surface area contributed by atoms with Crippen LogP contribution in [0.5, 0.6) is 0 Å². The second kappa shape index (κ2) is 9.37. The van der Waals surface area contributed by atoms with Crippen molar-refractivity contribution in [3.63, 3.8) is 0 Å². The third-order valence-corrected chi connectivity index (χ3v) is 6.02. The molecule has 0 atom stereocenters. The normalized spacial score (nSPS) is 21.9. The van der Waals surface area contributed by atoms with Crippen molar-refractivity contribution >= 4 is 17.3 Å². The Morgan fingerprint density at radius 3 is 2.39 bits per heavy atom. The van der Waals surface area contributed by atoms with E-state index >= 15 is 0 Å². The van der Waals surface area contributed by atoms with Crippen molar-refractivity contribution in [3.8, 4) is 0 Å². The van der Waals surface area contributed by atoms with Gasteiger partial charge in [-0.15, -0.1) is 0 Å². The number of hydrogen-bond donors (Lipinski definition) is 1. The number of nitro groups is 1. The van der Waals surface area contributed by atoms with Gasteiger partial charge in [0.05, 0.1) is 11.5 Å². The molecule has 2 aliphatic rings. The Labute approximate surface area is 166 Å². The van der Waals surface area contributed by atoms with Gasteiger partial charge in [-0.05, 0) is 56.6 Å². The van der Waals surface area contributed by atoms with Crippen LogP contribution < -0.4 is 5.32 Å². The second-order valence-electron chi connectivity index (χ2n) is 7.94. The maximum absolute atomic E-state index is 13.3. The van der Waals surface area contributed by atoms with Crippen molar-refractivity contribution < 1.29 is 14.5 Å². The molecule has 1 aromatic rings. The standard InChI is InChI=1S/C21H31N3O4/c1-3-15-4-7-17(8-5-15)23(18-9-10-18)21(25)16-6-11-19(22-12-13-28-2)20(14-16)24(26)27/h6,11,14-15,17-18,22H,3-5,7-10,12-13H2,1-2H3. The molecule has 154 valence electrons. The fourth-order valence-corrected chi connectivity index (χ4v) is 4.22. The highest BCUT2D eigenvalue weighted by molar-refractivity contribution is 5.96. The number of methoxy groups -OCH3 is 1. The Hall–Kier alpha value is -2.15.